The van der Waals surface area contributed by atoms with E-state index in [4.69, 9.17) is 0 Å². The first kappa shape index (κ1) is 19.5. The number of carboxylic acid groups (broad SMARTS) is 1. The van der Waals surface area contributed by atoms with Gasteiger partial charge in [0.1, 0.15) is 4.75 Å². The molecule has 1 saturated heterocycles. The number of aromatic nitrogens is 1. The molecule has 0 saturated carbocycles. The molecule has 1 aliphatic rings. The molecule has 0 spiro atoms. The molecule has 140 valence electrons. The number of carbonyl (C=O) groups excluding carboxylic acids is 2. The van der Waals surface area contributed by atoms with Crippen LogP contribution in [0.4, 0.5) is 0 Å². The Morgan fingerprint density at radius 2 is 2.23 bits per heavy atom. The summed E-state index contributed by atoms with van der Waals surface area (Å²) in [6.07, 6.45) is 3.73. The lowest BCUT2D eigenvalue weighted by Gasteiger charge is -2.45. The maximum atomic E-state index is 11.9. The maximum absolute atomic E-state index is 11.9. The normalized spacial score (nSPS) is 20.5. The van der Waals surface area contributed by atoms with Crippen LogP contribution in [0.5, 0.6) is 0 Å². The average molecular weight is 382 g/mol. The number of hydrogen-bond donors (Lipinski definition) is 3. The Kier molecular flexibility index (Phi) is 5.70. The molecule has 1 fully saturated rings. The minimum absolute atomic E-state index is 0.143. The lowest BCUT2D eigenvalue weighted by Crippen LogP contribution is -2.66. The van der Waals surface area contributed by atoms with Gasteiger partial charge in [-0.2, -0.15) is 5.10 Å². The molecule has 0 unspecified atom stereocenters. The molecule has 2 N–H and O–H groups in total. The van der Waals surface area contributed by atoms with E-state index in [0.29, 0.717) is 0 Å². The van der Waals surface area contributed by atoms with E-state index in [2.05, 4.69) is 15.5 Å². The van der Waals surface area contributed by atoms with Crippen molar-refractivity contribution >= 4 is 34.7 Å². The lowest BCUT2D eigenvalue weighted by atomic mass is 9.92. The first-order valence-corrected chi connectivity index (χ1v) is 8.79. The average Bonchev–Trinajstić information content (AvgIpc) is 2.59. The van der Waals surface area contributed by atoms with Crippen LogP contribution in [0.25, 0.3) is 0 Å². The Labute approximate surface area is 150 Å². The molecule has 1 aromatic heterocycles. The summed E-state index contributed by atoms with van der Waals surface area (Å²) >= 11 is 0. The first-order chi connectivity index (χ1) is 12.2. The van der Waals surface area contributed by atoms with Gasteiger partial charge in [-0.15, -0.1) is 0 Å². The number of likely N-dealkylation sites (tertiary alicyclic amines) is 1. The van der Waals surface area contributed by atoms with Gasteiger partial charge in [0.2, 0.25) is 5.91 Å². The van der Waals surface area contributed by atoms with Crippen LogP contribution in [0.2, 0.25) is 0 Å². The summed E-state index contributed by atoms with van der Waals surface area (Å²) in [6.45, 7) is 2.76. The molecular formula is C15H18N4O6S. The monoisotopic (exact) mass is 382 g/mol. The van der Waals surface area contributed by atoms with Crippen molar-refractivity contribution in [1.29, 1.82) is 0 Å². The maximum Gasteiger partial charge on any atom is 0.328 e. The standard InChI is InChI=1S/C15H18N4O6S/c1-9-6-11(20)19(9)12(14(22)23)15(2,26(24)25)8-17-18-13(21)10-4-3-5-16-7-10/h3-5,7-9,12,26H,6H2,1-2H3,(H,18,21)(H,22,23)/b17-8+/t9-,12+,15+/m1/s1. The van der Waals surface area contributed by atoms with Gasteiger partial charge in [-0.3, -0.25) is 14.6 Å². The van der Waals surface area contributed by atoms with Crippen molar-refractivity contribution in [2.24, 2.45) is 5.10 Å². The van der Waals surface area contributed by atoms with E-state index in [1.54, 1.807) is 6.92 Å². The van der Waals surface area contributed by atoms with Gasteiger partial charge < -0.3 is 10.0 Å². The molecular weight excluding hydrogens is 364 g/mol. The molecule has 0 bridgehead atoms. The number of aliphatic carboxylic acids is 1. The summed E-state index contributed by atoms with van der Waals surface area (Å²) in [5.41, 5.74) is 2.32. The minimum Gasteiger partial charge on any atom is -0.480 e. The van der Waals surface area contributed by atoms with Crippen molar-refractivity contribution in [3.63, 3.8) is 0 Å². The second kappa shape index (κ2) is 7.60. The largest absolute Gasteiger partial charge is 0.480 e. The lowest BCUT2D eigenvalue weighted by molar-refractivity contribution is -0.161. The number of carbonyl (C=O) groups is 3. The number of amides is 2. The van der Waals surface area contributed by atoms with Crippen LogP contribution in [0, 0.1) is 0 Å². The second-order valence-corrected chi connectivity index (χ2v) is 7.50. The Balaban J connectivity index is 2.26. The number of rotatable bonds is 7. The van der Waals surface area contributed by atoms with E-state index in [1.165, 1.54) is 24.5 Å². The van der Waals surface area contributed by atoms with Crippen LogP contribution in [0.1, 0.15) is 30.6 Å². The zero-order valence-corrected chi connectivity index (χ0v) is 14.9. The van der Waals surface area contributed by atoms with E-state index < -0.39 is 45.3 Å². The van der Waals surface area contributed by atoms with Crippen LogP contribution in [0.15, 0.2) is 29.6 Å². The highest BCUT2D eigenvalue weighted by Crippen LogP contribution is 2.29. The number of carboxylic acids is 1. The summed E-state index contributed by atoms with van der Waals surface area (Å²) in [5.74, 6) is -2.57. The Bertz CT molecular complexity index is 817. The smallest absolute Gasteiger partial charge is 0.328 e. The number of β-lactam (4-membered cyclic amide) rings is 1. The van der Waals surface area contributed by atoms with Crippen molar-refractivity contribution in [2.75, 3.05) is 0 Å². The second-order valence-electron chi connectivity index (χ2n) is 6.02. The van der Waals surface area contributed by atoms with Crippen molar-refractivity contribution < 1.29 is 27.9 Å². The van der Waals surface area contributed by atoms with Gasteiger partial charge in [0.15, 0.2) is 16.7 Å². The third-order valence-corrected chi connectivity index (χ3v) is 5.25. The molecule has 11 heteroatoms. The highest BCUT2D eigenvalue weighted by Gasteiger charge is 2.52. The summed E-state index contributed by atoms with van der Waals surface area (Å²) in [5, 5.41) is 13.1. The fourth-order valence-corrected chi connectivity index (χ4v) is 3.23. The van der Waals surface area contributed by atoms with Crippen LogP contribution >= 0.6 is 0 Å². The minimum atomic E-state index is -3.33. The number of hydrazone groups is 1. The van der Waals surface area contributed by atoms with Crippen molar-refractivity contribution in [3.05, 3.63) is 30.1 Å². The van der Waals surface area contributed by atoms with E-state index in [9.17, 15) is 27.9 Å². The van der Waals surface area contributed by atoms with Crippen LogP contribution < -0.4 is 5.43 Å². The zero-order chi connectivity index (χ0) is 19.5. The number of nitrogens with zero attached hydrogens (tertiary/aromatic N) is 3. The van der Waals surface area contributed by atoms with E-state index in [1.807, 2.05) is 0 Å². The van der Waals surface area contributed by atoms with Gasteiger partial charge in [-0.05, 0) is 26.0 Å². The van der Waals surface area contributed by atoms with Crippen molar-refractivity contribution in [1.82, 2.24) is 15.3 Å². The molecule has 10 nitrogen and oxygen atoms in total. The summed E-state index contributed by atoms with van der Waals surface area (Å²) in [7, 11) is -3.33. The van der Waals surface area contributed by atoms with Gasteiger partial charge in [0.25, 0.3) is 5.91 Å². The highest BCUT2D eigenvalue weighted by molar-refractivity contribution is 7.75. The molecule has 0 radical (unpaired) electrons. The molecule has 2 heterocycles. The van der Waals surface area contributed by atoms with Gasteiger partial charge in [-0.1, -0.05) is 0 Å². The summed E-state index contributed by atoms with van der Waals surface area (Å²) in [4.78, 5) is 40.1. The van der Waals surface area contributed by atoms with Crippen molar-refractivity contribution in [2.45, 2.75) is 37.1 Å². The first-order valence-electron chi connectivity index (χ1n) is 7.61. The Morgan fingerprint density at radius 1 is 1.54 bits per heavy atom. The molecule has 3 atom stereocenters. The Hall–Kier alpha value is -2.82. The topological polar surface area (TPSA) is 146 Å². The van der Waals surface area contributed by atoms with E-state index in [-0.39, 0.29) is 12.0 Å². The molecule has 2 rings (SSSR count). The predicted octanol–water partition coefficient (Wildman–Crippen LogP) is -0.759. The molecule has 0 aromatic carbocycles. The van der Waals surface area contributed by atoms with Crippen LogP contribution in [0.3, 0.4) is 0 Å². The molecule has 26 heavy (non-hydrogen) atoms. The fourth-order valence-electron chi connectivity index (χ4n) is 2.64. The number of pyridine rings is 1. The van der Waals surface area contributed by atoms with Crippen molar-refractivity contribution in [3.8, 4) is 0 Å². The number of thiol groups is 1. The Morgan fingerprint density at radius 3 is 2.69 bits per heavy atom. The van der Waals surface area contributed by atoms with Crippen LogP contribution in [-0.4, -0.2) is 64.2 Å². The highest BCUT2D eigenvalue weighted by atomic mass is 32.2. The molecule has 0 aliphatic carbocycles. The summed E-state index contributed by atoms with van der Waals surface area (Å²) < 4.78 is 21.6. The molecule has 1 aliphatic heterocycles. The quantitative estimate of drug-likeness (QED) is 0.243. The SMILES string of the molecule is C[C@@H]1CC(=O)N1[C@@H](C(=O)O)[C@](C)(/C=N/NC(=O)c1cccnc1)[SH](=O)=O. The fraction of sp³-hybridized carbons (Fsp3) is 0.400. The van der Waals surface area contributed by atoms with Gasteiger partial charge in [-0.25, -0.2) is 18.6 Å². The predicted molar refractivity (Wildman–Crippen MR) is 91.3 cm³/mol. The number of hydrogen-bond acceptors (Lipinski definition) is 7. The van der Waals surface area contributed by atoms with Gasteiger partial charge in [0, 0.05) is 31.1 Å². The molecule has 2 amide bonds. The van der Waals surface area contributed by atoms with E-state index in [0.717, 1.165) is 18.0 Å². The molecule has 1 aromatic rings. The summed E-state index contributed by atoms with van der Waals surface area (Å²) in [6, 6.07) is 0.954. The number of nitrogens with one attached hydrogen (secondary N) is 1. The van der Waals surface area contributed by atoms with Gasteiger partial charge in [0.05, 0.1) is 5.56 Å². The zero-order valence-electron chi connectivity index (χ0n) is 14.0. The third kappa shape index (κ3) is 3.72. The van der Waals surface area contributed by atoms with Crippen LogP contribution in [-0.2, 0) is 20.3 Å². The van der Waals surface area contributed by atoms with Gasteiger partial charge >= 0.3 is 5.97 Å². The third-order valence-electron chi connectivity index (χ3n) is 4.11. The van der Waals surface area contributed by atoms with E-state index >= 15 is 0 Å².